The van der Waals surface area contributed by atoms with Gasteiger partial charge in [-0.15, -0.1) is 0 Å². The van der Waals surface area contributed by atoms with E-state index in [-0.39, 0.29) is 31.9 Å². The van der Waals surface area contributed by atoms with Crippen LogP contribution in [0.25, 0.3) is 5.69 Å². The number of hydrogen-bond acceptors (Lipinski definition) is 7. The van der Waals surface area contributed by atoms with E-state index in [4.69, 9.17) is 9.47 Å². The Morgan fingerprint density at radius 2 is 1.71 bits per heavy atom. The number of aliphatic carboxylic acids is 1. The Morgan fingerprint density at radius 3 is 2.33 bits per heavy atom. The number of nitrogens with zero attached hydrogens (tertiary/aromatic N) is 3. The number of carboxylic acids is 1. The van der Waals surface area contributed by atoms with Gasteiger partial charge in [-0.3, -0.25) is 14.2 Å². The zero-order chi connectivity index (χ0) is 32.6. The number of rotatable bonds is 7. The topological polar surface area (TPSA) is 132 Å². The number of nitrogens with one attached hydrogen (secondary N) is 1. The molecule has 0 radical (unpaired) electrons. The largest absolute Gasteiger partial charge is 0.480 e. The van der Waals surface area contributed by atoms with Gasteiger partial charge in [0.15, 0.2) is 0 Å². The van der Waals surface area contributed by atoms with Gasteiger partial charge in [0, 0.05) is 37.7 Å². The first-order valence-electron chi connectivity index (χ1n) is 13.7. The SMILES string of the molecule is Cn1c2c(c(=O)n(-c3ccc(C[C@H](NC(=O)c4c(F)cc(N5CCOC[C@@H]5C(F)(F)F)cc4F)C(=O)O)cc3)c1=O)CCOC2. The number of aromatic nitrogens is 2. The maximum Gasteiger partial charge on any atom is 0.411 e. The fraction of sp³-hybridized carbons (Fsp3) is 0.379. The van der Waals surface area contributed by atoms with Gasteiger partial charge in [-0.05, 0) is 29.8 Å². The van der Waals surface area contributed by atoms with Gasteiger partial charge in [0.2, 0.25) is 0 Å². The molecule has 3 heterocycles. The first-order chi connectivity index (χ1) is 21.3. The molecule has 1 amide bonds. The van der Waals surface area contributed by atoms with Crippen molar-refractivity contribution >= 4 is 17.6 Å². The van der Waals surface area contributed by atoms with Crippen molar-refractivity contribution in [3.05, 3.63) is 91.3 Å². The zero-order valence-electron chi connectivity index (χ0n) is 23.7. The van der Waals surface area contributed by atoms with E-state index >= 15 is 0 Å². The molecular formula is C29H27F5N4O7. The van der Waals surface area contributed by atoms with Crippen molar-refractivity contribution in [1.29, 1.82) is 0 Å². The van der Waals surface area contributed by atoms with E-state index in [0.717, 1.165) is 9.47 Å². The van der Waals surface area contributed by atoms with E-state index in [0.29, 0.717) is 42.0 Å². The molecule has 2 atom stereocenters. The molecule has 1 fully saturated rings. The summed E-state index contributed by atoms with van der Waals surface area (Å²) in [7, 11) is 1.52. The van der Waals surface area contributed by atoms with E-state index in [1.807, 2.05) is 5.32 Å². The molecule has 240 valence electrons. The van der Waals surface area contributed by atoms with Crippen molar-refractivity contribution < 1.29 is 46.1 Å². The fourth-order valence-corrected chi connectivity index (χ4v) is 5.39. The van der Waals surface area contributed by atoms with Crippen molar-refractivity contribution in [2.45, 2.75) is 37.7 Å². The number of alkyl halides is 3. The molecule has 0 bridgehead atoms. The van der Waals surface area contributed by atoms with Crippen LogP contribution in [0.2, 0.25) is 0 Å². The summed E-state index contributed by atoms with van der Waals surface area (Å²) in [6.07, 6.45) is -4.78. The van der Waals surface area contributed by atoms with Crippen LogP contribution in [0.3, 0.4) is 0 Å². The van der Waals surface area contributed by atoms with E-state index in [2.05, 4.69) is 0 Å². The number of carbonyl (C=O) groups is 2. The van der Waals surface area contributed by atoms with Crippen molar-refractivity contribution in [3.8, 4) is 5.69 Å². The summed E-state index contributed by atoms with van der Waals surface area (Å²) in [6.45, 7) is -0.713. The van der Waals surface area contributed by atoms with Crippen LogP contribution in [0, 0.1) is 11.6 Å². The molecule has 2 aromatic carbocycles. The molecule has 0 aliphatic carbocycles. The molecule has 1 saturated heterocycles. The Kier molecular flexibility index (Phi) is 8.80. The zero-order valence-corrected chi connectivity index (χ0v) is 23.7. The monoisotopic (exact) mass is 638 g/mol. The molecule has 2 aliphatic heterocycles. The number of carboxylic acid groups (broad SMARTS) is 1. The molecule has 2 aliphatic rings. The van der Waals surface area contributed by atoms with Crippen molar-refractivity contribution in [2.75, 3.05) is 31.3 Å². The van der Waals surface area contributed by atoms with Crippen LogP contribution in [0.1, 0.15) is 27.2 Å². The Bertz CT molecular complexity index is 1730. The minimum atomic E-state index is -4.75. The highest BCUT2D eigenvalue weighted by Gasteiger charge is 2.46. The standard InChI is InChI=1S/C29H27F5N4O7/c1-36-22-13-44-8-6-18(22)26(40)38(28(36)43)16-4-2-15(3-5-16)10-21(27(41)42)35-25(39)24-19(30)11-17(12-20(24)31)37-7-9-45-14-23(37)29(32,33)34/h2-5,11-12,21,23H,6-10,13-14H2,1H3,(H,35,39)(H,41,42)/t21-,23+/m0/s1. The number of halogens is 5. The van der Waals surface area contributed by atoms with Gasteiger partial charge in [0.25, 0.3) is 11.5 Å². The summed E-state index contributed by atoms with van der Waals surface area (Å²) in [5.74, 6) is -5.92. The number of carbonyl (C=O) groups excluding carboxylic acids is 1. The highest BCUT2D eigenvalue weighted by atomic mass is 19.4. The van der Waals surface area contributed by atoms with Gasteiger partial charge >= 0.3 is 17.8 Å². The van der Waals surface area contributed by atoms with E-state index in [1.54, 1.807) is 0 Å². The second-order valence-electron chi connectivity index (χ2n) is 10.6. The summed E-state index contributed by atoms with van der Waals surface area (Å²) < 4.78 is 82.8. The third-order valence-corrected chi connectivity index (χ3v) is 7.76. The maximum absolute atomic E-state index is 15.0. The second kappa shape index (κ2) is 12.4. The molecule has 3 aromatic rings. The first-order valence-corrected chi connectivity index (χ1v) is 13.7. The number of amides is 1. The number of fused-ring (bicyclic) bond motifs is 1. The lowest BCUT2D eigenvalue weighted by Gasteiger charge is -2.38. The molecule has 11 nitrogen and oxygen atoms in total. The fourth-order valence-electron chi connectivity index (χ4n) is 5.39. The normalized spacial score (nSPS) is 17.5. The van der Waals surface area contributed by atoms with Crippen LogP contribution < -0.4 is 21.5 Å². The van der Waals surface area contributed by atoms with Gasteiger partial charge < -0.3 is 24.8 Å². The lowest BCUT2D eigenvalue weighted by atomic mass is 10.0. The van der Waals surface area contributed by atoms with E-state index < -0.39 is 70.9 Å². The highest BCUT2D eigenvalue weighted by Crippen LogP contribution is 2.32. The maximum atomic E-state index is 15.0. The summed E-state index contributed by atoms with van der Waals surface area (Å²) in [5, 5.41) is 11.8. The van der Waals surface area contributed by atoms with Crippen LogP contribution in [-0.2, 0) is 40.8 Å². The summed E-state index contributed by atoms with van der Waals surface area (Å²) in [5.41, 5.74) is -1.25. The molecule has 0 saturated carbocycles. The Labute approximate surface area is 251 Å². The lowest BCUT2D eigenvalue weighted by molar-refractivity contribution is -0.167. The molecule has 5 rings (SSSR count). The van der Waals surface area contributed by atoms with E-state index in [1.165, 1.54) is 35.9 Å². The molecular weight excluding hydrogens is 611 g/mol. The Morgan fingerprint density at radius 1 is 1.04 bits per heavy atom. The van der Waals surface area contributed by atoms with Crippen molar-refractivity contribution in [3.63, 3.8) is 0 Å². The lowest BCUT2D eigenvalue weighted by Crippen LogP contribution is -2.53. The Balaban J connectivity index is 1.35. The van der Waals surface area contributed by atoms with Gasteiger partial charge in [-0.2, -0.15) is 13.2 Å². The molecule has 0 unspecified atom stereocenters. The number of morpholine rings is 1. The highest BCUT2D eigenvalue weighted by molar-refractivity contribution is 5.97. The van der Waals surface area contributed by atoms with Gasteiger partial charge in [-0.25, -0.2) is 22.9 Å². The number of hydrogen-bond donors (Lipinski definition) is 2. The smallest absolute Gasteiger partial charge is 0.411 e. The van der Waals surface area contributed by atoms with Crippen LogP contribution in [0.5, 0.6) is 0 Å². The number of benzene rings is 2. The average molecular weight is 639 g/mol. The van der Waals surface area contributed by atoms with E-state index in [9.17, 15) is 46.2 Å². The number of anilines is 1. The second-order valence-corrected chi connectivity index (χ2v) is 10.6. The van der Waals surface area contributed by atoms with Gasteiger partial charge in [-0.1, -0.05) is 12.1 Å². The van der Waals surface area contributed by atoms with Crippen LogP contribution in [-0.4, -0.2) is 70.7 Å². The minimum Gasteiger partial charge on any atom is -0.480 e. The van der Waals surface area contributed by atoms with Crippen molar-refractivity contribution in [2.24, 2.45) is 7.05 Å². The summed E-state index contributed by atoms with van der Waals surface area (Å²) >= 11 is 0. The van der Waals surface area contributed by atoms with Crippen LogP contribution >= 0.6 is 0 Å². The Hall–Kier alpha value is -4.57. The molecule has 16 heteroatoms. The summed E-state index contributed by atoms with van der Waals surface area (Å²) in [6, 6.07) is 3.03. The van der Waals surface area contributed by atoms with Gasteiger partial charge in [0.05, 0.1) is 37.8 Å². The predicted octanol–water partition coefficient (Wildman–Crippen LogP) is 2.08. The third-order valence-electron chi connectivity index (χ3n) is 7.76. The third kappa shape index (κ3) is 6.33. The number of ether oxygens (including phenoxy) is 2. The molecule has 2 N–H and O–H groups in total. The van der Waals surface area contributed by atoms with Crippen molar-refractivity contribution in [1.82, 2.24) is 14.5 Å². The van der Waals surface area contributed by atoms with Crippen LogP contribution in [0.4, 0.5) is 27.6 Å². The average Bonchev–Trinajstić information content (AvgIpc) is 2.99. The quantitative estimate of drug-likeness (QED) is 0.377. The molecule has 1 aromatic heterocycles. The van der Waals surface area contributed by atoms with Gasteiger partial charge in [0.1, 0.15) is 29.3 Å². The first kappa shape index (κ1) is 31.8. The predicted molar refractivity (Wildman–Crippen MR) is 148 cm³/mol. The van der Waals surface area contributed by atoms with Crippen LogP contribution in [0.15, 0.2) is 46.0 Å². The minimum absolute atomic E-state index is 0.116. The molecule has 45 heavy (non-hydrogen) atoms. The summed E-state index contributed by atoms with van der Waals surface area (Å²) in [4.78, 5) is 51.5. The molecule has 0 spiro atoms.